The smallest absolute Gasteiger partial charge is 0.242 e. The van der Waals surface area contributed by atoms with Crippen molar-refractivity contribution in [1.82, 2.24) is 14.5 Å². The number of aromatic nitrogens is 2. The molecule has 0 bridgehead atoms. The van der Waals surface area contributed by atoms with E-state index in [1.54, 1.807) is 0 Å². The number of carbonyl (C=O) groups excluding carboxylic acids is 2. The first kappa shape index (κ1) is 20.6. The Bertz CT molecular complexity index is 1070. The number of imidazole rings is 1. The molecule has 1 aromatic heterocycles. The van der Waals surface area contributed by atoms with Gasteiger partial charge in [-0.05, 0) is 50.2 Å². The van der Waals surface area contributed by atoms with Crippen molar-refractivity contribution >= 4 is 44.5 Å². The zero-order valence-corrected chi connectivity index (χ0v) is 18.8. The van der Waals surface area contributed by atoms with E-state index in [4.69, 9.17) is 4.98 Å². The summed E-state index contributed by atoms with van der Waals surface area (Å²) in [6, 6.07) is 15.6. The van der Waals surface area contributed by atoms with E-state index >= 15 is 0 Å². The Morgan fingerprint density at radius 1 is 1.13 bits per heavy atom. The van der Waals surface area contributed by atoms with Gasteiger partial charge in [-0.1, -0.05) is 28.1 Å². The van der Waals surface area contributed by atoms with Gasteiger partial charge < -0.3 is 14.4 Å². The zero-order chi connectivity index (χ0) is 21.3. The largest absolute Gasteiger partial charge is 0.342 e. The molecule has 2 aromatic carbocycles. The van der Waals surface area contributed by atoms with E-state index in [1.807, 2.05) is 76.7 Å². The van der Waals surface area contributed by atoms with Crippen LogP contribution in [0.3, 0.4) is 0 Å². The van der Waals surface area contributed by atoms with Crippen LogP contribution in [-0.4, -0.2) is 45.9 Å². The molecule has 1 aliphatic heterocycles. The molecule has 1 fully saturated rings. The summed E-state index contributed by atoms with van der Waals surface area (Å²) in [5, 5.41) is 0. The van der Waals surface area contributed by atoms with Gasteiger partial charge in [-0.2, -0.15) is 0 Å². The Labute approximate surface area is 184 Å². The van der Waals surface area contributed by atoms with Crippen molar-refractivity contribution in [2.45, 2.75) is 32.7 Å². The number of benzene rings is 2. The maximum atomic E-state index is 12.9. The number of carbonyl (C=O) groups is 2. The van der Waals surface area contributed by atoms with Crippen molar-refractivity contribution in [3.05, 3.63) is 58.8 Å². The van der Waals surface area contributed by atoms with Crippen LogP contribution >= 0.6 is 15.9 Å². The Kier molecular flexibility index (Phi) is 5.90. The first-order valence-corrected chi connectivity index (χ1v) is 11.1. The second kappa shape index (κ2) is 8.60. The van der Waals surface area contributed by atoms with E-state index in [9.17, 15) is 9.59 Å². The third-order valence-electron chi connectivity index (χ3n) is 5.72. The molecule has 2 heterocycles. The van der Waals surface area contributed by atoms with E-state index in [0.29, 0.717) is 26.1 Å². The van der Waals surface area contributed by atoms with Crippen LogP contribution in [-0.2, 0) is 16.1 Å². The van der Waals surface area contributed by atoms with E-state index in [2.05, 4.69) is 15.9 Å². The number of fused-ring (bicyclic) bond motifs is 1. The van der Waals surface area contributed by atoms with Gasteiger partial charge in [0.05, 0.1) is 11.0 Å². The highest BCUT2D eigenvalue weighted by molar-refractivity contribution is 9.10. The molecular weight excluding hydrogens is 444 g/mol. The number of likely N-dealkylation sites (N-methyl/N-ethyl adjacent to an activating group) is 1. The van der Waals surface area contributed by atoms with E-state index in [0.717, 1.165) is 27.0 Å². The highest BCUT2D eigenvalue weighted by atomic mass is 79.9. The zero-order valence-electron chi connectivity index (χ0n) is 17.2. The fourth-order valence-electron chi connectivity index (χ4n) is 4.13. The molecule has 0 spiro atoms. The van der Waals surface area contributed by atoms with Gasteiger partial charge in [0.1, 0.15) is 12.4 Å². The van der Waals surface area contributed by atoms with Crippen molar-refractivity contribution in [1.29, 1.82) is 0 Å². The number of hydrogen-bond donors (Lipinski definition) is 0. The lowest BCUT2D eigenvalue weighted by Crippen LogP contribution is -2.34. The van der Waals surface area contributed by atoms with Crippen molar-refractivity contribution in [3.63, 3.8) is 0 Å². The molecule has 7 heteroatoms. The molecule has 0 aliphatic carbocycles. The van der Waals surface area contributed by atoms with Crippen LogP contribution in [0.2, 0.25) is 0 Å². The van der Waals surface area contributed by atoms with E-state index < -0.39 is 0 Å². The summed E-state index contributed by atoms with van der Waals surface area (Å²) in [6.45, 7) is 6.12. The summed E-state index contributed by atoms with van der Waals surface area (Å²) in [4.78, 5) is 34.1. The number of anilines is 1. The van der Waals surface area contributed by atoms with Gasteiger partial charge in [0.15, 0.2) is 0 Å². The third kappa shape index (κ3) is 3.86. The highest BCUT2D eigenvalue weighted by Gasteiger charge is 2.35. The van der Waals surface area contributed by atoms with Gasteiger partial charge in [0.2, 0.25) is 11.8 Å². The number of halogens is 1. The fourth-order valence-corrected chi connectivity index (χ4v) is 4.40. The van der Waals surface area contributed by atoms with Crippen molar-refractivity contribution < 1.29 is 9.59 Å². The van der Waals surface area contributed by atoms with Crippen LogP contribution in [0.4, 0.5) is 5.69 Å². The number of amides is 2. The Hall–Kier alpha value is -2.67. The molecule has 0 saturated carbocycles. The monoisotopic (exact) mass is 468 g/mol. The SMILES string of the molecule is CCN(CC)C(=O)Cn1c(C2CC(=O)N(c3ccc(Br)cc3)C2)nc2ccccc21. The van der Waals surface area contributed by atoms with Crippen LogP contribution < -0.4 is 4.90 Å². The van der Waals surface area contributed by atoms with Crippen molar-refractivity contribution in [3.8, 4) is 0 Å². The van der Waals surface area contributed by atoms with Crippen LogP contribution in [0.25, 0.3) is 11.0 Å². The topological polar surface area (TPSA) is 58.4 Å². The first-order valence-electron chi connectivity index (χ1n) is 10.3. The minimum Gasteiger partial charge on any atom is -0.342 e. The molecule has 1 aliphatic rings. The quantitative estimate of drug-likeness (QED) is 0.544. The summed E-state index contributed by atoms with van der Waals surface area (Å²) in [5.74, 6) is 0.900. The second-order valence-electron chi connectivity index (χ2n) is 7.49. The molecule has 0 radical (unpaired) electrons. The molecule has 156 valence electrons. The maximum Gasteiger partial charge on any atom is 0.242 e. The van der Waals surface area contributed by atoms with Crippen molar-refractivity contribution in [2.75, 3.05) is 24.5 Å². The Balaban J connectivity index is 1.68. The summed E-state index contributed by atoms with van der Waals surface area (Å²) in [5.41, 5.74) is 2.67. The molecule has 6 nitrogen and oxygen atoms in total. The summed E-state index contributed by atoms with van der Waals surface area (Å²) in [7, 11) is 0. The maximum absolute atomic E-state index is 12.9. The minimum absolute atomic E-state index is 0.0574. The van der Waals surface area contributed by atoms with E-state index in [1.165, 1.54) is 0 Å². The normalized spacial score (nSPS) is 16.4. The summed E-state index contributed by atoms with van der Waals surface area (Å²) in [6.07, 6.45) is 0.388. The first-order chi connectivity index (χ1) is 14.5. The lowest BCUT2D eigenvalue weighted by Gasteiger charge is -2.21. The lowest BCUT2D eigenvalue weighted by molar-refractivity contribution is -0.131. The Morgan fingerprint density at radius 2 is 1.83 bits per heavy atom. The summed E-state index contributed by atoms with van der Waals surface area (Å²) < 4.78 is 2.98. The summed E-state index contributed by atoms with van der Waals surface area (Å²) >= 11 is 3.44. The minimum atomic E-state index is -0.0574. The number of rotatable bonds is 6. The van der Waals surface area contributed by atoms with Gasteiger partial charge in [0, 0.05) is 42.1 Å². The molecule has 1 saturated heterocycles. The van der Waals surface area contributed by atoms with Gasteiger partial charge in [-0.15, -0.1) is 0 Å². The average molecular weight is 469 g/mol. The number of nitrogens with zero attached hydrogens (tertiary/aromatic N) is 4. The predicted molar refractivity (Wildman–Crippen MR) is 122 cm³/mol. The molecule has 0 N–H and O–H groups in total. The van der Waals surface area contributed by atoms with Crippen LogP contribution in [0, 0.1) is 0 Å². The second-order valence-corrected chi connectivity index (χ2v) is 8.41. The van der Waals surface area contributed by atoms with Gasteiger partial charge in [-0.3, -0.25) is 9.59 Å². The third-order valence-corrected chi connectivity index (χ3v) is 6.25. The molecule has 4 rings (SSSR count). The van der Waals surface area contributed by atoms with Crippen molar-refractivity contribution in [2.24, 2.45) is 0 Å². The number of hydrogen-bond acceptors (Lipinski definition) is 3. The van der Waals surface area contributed by atoms with Crippen LogP contribution in [0.5, 0.6) is 0 Å². The van der Waals surface area contributed by atoms with E-state index in [-0.39, 0.29) is 24.3 Å². The van der Waals surface area contributed by atoms with Crippen LogP contribution in [0.15, 0.2) is 53.0 Å². The lowest BCUT2D eigenvalue weighted by atomic mass is 10.1. The molecule has 30 heavy (non-hydrogen) atoms. The highest BCUT2D eigenvalue weighted by Crippen LogP contribution is 2.33. The molecule has 1 unspecified atom stereocenters. The predicted octanol–water partition coefficient (Wildman–Crippen LogP) is 4.19. The fraction of sp³-hybridized carbons (Fsp3) is 0.348. The van der Waals surface area contributed by atoms with Gasteiger partial charge in [-0.25, -0.2) is 4.98 Å². The molecule has 3 aromatic rings. The van der Waals surface area contributed by atoms with Gasteiger partial charge in [0.25, 0.3) is 0 Å². The molecule has 1 atom stereocenters. The van der Waals surface area contributed by atoms with Gasteiger partial charge >= 0.3 is 0 Å². The standard InChI is InChI=1S/C23H25BrN4O2/c1-3-26(4-2)22(30)15-28-20-8-6-5-7-19(20)25-23(28)16-13-21(29)27(14-16)18-11-9-17(24)10-12-18/h5-12,16H,3-4,13-15H2,1-2H3. The molecular formula is C23H25BrN4O2. The number of para-hydroxylation sites is 2. The average Bonchev–Trinajstić information content (AvgIpc) is 3.30. The molecule has 2 amide bonds. The Morgan fingerprint density at radius 3 is 2.53 bits per heavy atom. The van der Waals surface area contributed by atoms with Crippen LogP contribution in [0.1, 0.15) is 32.0 Å².